The molecule has 0 aromatic rings. The van der Waals surface area contributed by atoms with E-state index in [2.05, 4.69) is 0 Å². The molecule has 78 heavy (non-hydrogen) atoms. The van der Waals surface area contributed by atoms with Crippen molar-refractivity contribution < 1.29 is 105 Å². The van der Waals surface area contributed by atoms with E-state index < -0.39 is 0 Å². The third kappa shape index (κ3) is 51.0. The molecule has 0 N–H and O–H groups in total. The molecule has 0 aliphatic heterocycles. The highest BCUT2D eigenvalue weighted by atomic mass is 16.6. The van der Waals surface area contributed by atoms with Crippen molar-refractivity contribution in [3.63, 3.8) is 0 Å². The van der Waals surface area contributed by atoms with Gasteiger partial charge < -0.3 is 52.1 Å². The molecule has 0 amide bonds. The molecule has 0 spiro atoms. The lowest BCUT2D eigenvalue weighted by atomic mass is 10.2. The lowest BCUT2D eigenvalue weighted by Gasteiger charge is -2.08. The maximum atomic E-state index is 12.0. The summed E-state index contributed by atoms with van der Waals surface area (Å²) < 4.78 is 56.6. The van der Waals surface area contributed by atoms with E-state index in [1.807, 2.05) is 0 Å². The van der Waals surface area contributed by atoms with E-state index >= 15 is 0 Å². The Bertz CT molecular complexity index is 1700. The Labute approximate surface area is 461 Å². The van der Waals surface area contributed by atoms with Crippen LogP contribution >= 0.6 is 0 Å². The number of esters is 11. The van der Waals surface area contributed by atoms with Crippen molar-refractivity contribution in [2.24, 2.45) is 5.92 Å². The van der Waals surface area contributed by atoms with Crippen LogP contribution in [0, 0.1) is 5.92 Å². The minimum atomic E-state index is -0.380. The molecule has 22 nitrogen and oxygen atoms in total. The number of ether oxygens (including phenoxy) is 11. The van der Waals surface area contributed by atoms with Gasteiger partial charge in [-0.05, 0) is 135 Å². The number of carbonyl (C=O) groups is 11. The molecule has 22 heteroatoms. The van der Waals surface area contributed by atoms with Crippen LogP contribution in [0.25, 0.3) is 0 Å². The maximum absolute atomic E-state index is 12.0. The summed E-state index contributed by atoms with van der Waals surface area (Å²) in [6.07, 6.45) is 12.3. The van der Waals surface area contributed by atoms with E-state index in [9.17, 15) is 52.7 Å². The van der Waals surface area contributed by atoms with Gasteiger partial charge in [0.25, 0.3) is 0 Å². The molecule has 0 saturated heterocycles. The second-order valence-electron chi connectivity index (χ2n) is 18.7. The Kier molecular flexibility index (Phi) is 48.0. The van der Waals surface area contributed by atoms with Crippen LogP contribution in [0.4, 0.5) is 0 Å². The van der Waals surface area contributed by atoms with Crippen LogP contribution in [0.2, 0.25) is 0 Å². The fourth-order valence-corrected chi connectivity index (χ4v) is 6.61. The van der Waals surface area contributed by atoms with E-state index in [4.69, 9.17) is 52.1 Å². The average Bonchev–Trinajstić information content (AvgIpc) is 3.39. The summed E-state index contributed by atoms with van der Waals surface area (Å²) in [4.78, 5) is 130. The molecule has 448 valence electrons. The van der Waals surface area contributed by atoms with Crippen molar-refractivity contribution in [2.75, 3.05) is 72.7 Å². The zero-order valence-electron chi connectivity index (χ0n) is 47.1. The average molecular weight is 1120 g/mol. The van der Waals surface area contributed by atoms with Crippen LogP contribution in [-0.4, -0.2) is 138 Å². The summed E-state index contributed by atoms with van der Waals surface area (Å²) in [6, 6.07) is 0. The topological polar surface area (TPSA) is 289 Å². The highest BCUT2D eigenvalue weighted by molar-refractivity contribution is 5.73. The van der Waals surface area contributed by atoms with Gasteiger partial charge in [0, 0.05) is 64.2 Å². The smallest absolute Gasteiger partial charge is 0.308 e. The standard InChI is InChI=1S/C56H92O22/c1-4-68-46(57)25-5-15-35-69-47(58)26-6-16-36-70-48(59)27-7-17-37-71-49(60)28-8-18-38-72-50(61)29-9-19-39-73-51(62)30-10-20-40-74-52(63)31-11-21-41-75-53(64)32-12-22-42-76-54(65)33-13-23-43-77-55(66)34-14-24-44-78-56(67)45(2)3/h45H,4-44H2,1-3H3. The van der Waals surface area contributed by atoms with Crippen molar-refractivity contribution in [2.45, 2.75) is 213 Å². The van der Waals surface area contributed by atoms with Gasteiger partial charge in [-0.1, -0.05) is 13.8 Å². The van der Waals surface area contributed by atoms with Crippen molar-refractivity contribution in [1.82, 2.24) is 0 Å². The monoisotopic (exact) mass is 1120 g/mol. The molecule has 0 atom stereocenters. The molecule has 0 aliphatic rings. The van der Waals surface area contributed by atoms with Crippen LogP contribution in [0.1, 0.15) is 213 Å². The largest absolute Gasteiger partial charge is 0.466 e. The van der Waals surface area contributed by atoms with Crippen molar-refractivity contribution in [1.29, 1.82) is 0 Å². The lowest BCUT2D eigenvalue weighted by molar-refractivity contribution is -0.148. The predicted molar refractivity (Wildman–Crippen MR) is 280 cm³/mol. The quantitative estimate of drug-likeness (QED) is 0.0314. The fraction of sp³-hybridized carbons (Fsp3) is 0.804. The summed E-state index contributed by atoms with van der Waals surface area (Å²) in [5.74, 6) is -3.97. The van der Waals surface area contributed by atoms with Gasteiger partial charge in [-0.25, -0.2) is 0 Å². The Morgan fingerprint density at radius 1 is 0.218 bits per heavy atom. The normalized spacial score (nSPS) is 10.7. The van der Waals surface area contributed by atoms with Crippen molar-refractivity contribution in [3.8, 4) is 0 Å². The molecule has 0 unspecified atom stereocenters. The van der Waals surface area contributed by atoms with E-state index in [1.165, 1.54) is 0 Å². The van der Waals surface area contributed by atoms with Gasteiger partial charge in [0.05, 0.1) is 78.6 Å². The van der Waals surface area contributed by atoms with Gasteiger partial charge >= 0.3 is 65.7 Å². The Balaban J connectivity index is 3.58. The van der Waals surface area contributed by atoms with Gasteiger partial charge in [0.2, 0.25) is 0 Å². The Hall–Kier alpha value is -5.83. The number of hydrogen-bond acceptors (Lipinski definition) is 22. The number of unbranched alkanes of at least 4 members (excludes halogenated alkanes) is 10. The van der Waals surface area contributed by atoms with Crippen LogP contribution in [0.3, 0.4) is 0 Å². The van der Waals surface area contributed by atoms with E-state index in [0.717, 1.165) is 0 Å². The SMILES string of the molecule is CCOC(=O)CCCCOC(=O)CCCCOC(=O)CCCCOC(=O)CCCCOC(=O)CCCCOC(=O)CCCCOC(=O)CCCCOC(=O)CCCCOC(=O)CCCCOC(=O)CCCCOC(=O)C(C)C. The molecule has 0 saturated carbocycles. The number of carbonyl (C=O) groups excluding carboxylic acids is 11. The summed E-state index contributed by atoms with van der Waals surface area (Å²) >= 11 is 0. The number of hydrogen-bond donors (Lipinski definition) is 0. The molecule has 0 aromatic heterocycles. The van der Waals surface area contributed by atoms with Gasteiger partial charge in [-0.2, -0.15) is 0 Å². The van der Waals surface area contributed by atoms with E-state index in [1.54, 1.807) is 20.8 Å². The van der Waals surface area contributed by atoms with E-state index in [-0.39, 0.29) is 195 Å². The van der Waals surface area contributed by atoms with Crippen LogP contribution < -0.4 is 0 Å². The molecule has 0 heterocycles. The predicted octanol–water partition coefficient (Wildman–Crippen LogP) is 8.34. The lowest BCUT2D eigenvalue weighted by Crippen LogP contribution is -2.13. The first-order chi connectivity index (χ1) is 37.6. The van der Waals surface area contributed by atoms with Crippen molar-refractivity contribution >= 4 is 65.7 Å². The van der Waals surface area contributed by atoms with Crippen molar-refractivity contribution in [3.05, 3.63) is 0 Å². The van der Waals surface area contributed by atoms with Crippen LogP contribution in [-0.2, 0) is 105 Å². The fourth-order valence-electron chi connectivity index (χ4n) is 6.61. The molecule has 0 radical (unpaired) electrons. The minimum Gasteiger partial charge on any atom is -0.466 e. The molecule has 0 fully saturated rings. The van der Waals surface area contributed by atoms with Gasteiger partial charge in [0.1, 0.15) is 0 Å². The second-order valence-corrected chi connectivity index (χ2v) is 18.7. The zero-order valence-corrected chi connectivity index (χ0v) is 47.1. The molecule has 0 aliphatic carbocycles. The van der Waals surface area contributed by atoms with Gasteiger partial charge in [-0.3, -0.25) is 52.7 Å². The second kappa shape index (κ2) is 51.9. The highest BCUT2D eigenvalue weighted by Crippen LogP contribution is 2.10. The molecule has 0 bridgehead atoms. The minimum absolute atomic E-state index is 0.168. The Morgan fingerprint density at radius 3 is 0.500 bits per heavy atom. The summed E-state index contributed by atoms with van der Waals surface area (Å²) in [5.41, 5.74) is 0. The summed E-state index contributed by atoms with van der Waals surface area (Å²) in [6.45, 7) is 7.58. The first kappa shape index (κ1) is 72.2. The first-order valence-corrected chi connectivity index (χ1v) is 28.4. The third-order valence-corrected chi connectivity index (χ3v) is 11.1. The van der Waals surface area contributed by atoms with Crippen LogP contribution in [0.5, 0.6) is 0 Å². The highest BCUT2D eigenvalue weighted by Gasteiger charge is 2.13. The zero-order chi connectivity index (χ0) is 57.7. The van der Waals surface area contributed by atoms with Gasteiger partial charge in [0.15, 0.2) is 0 Å². The molecule has 0 aromatic carbocycles. The summed E-state index contributed by atoms with van der Waals surface area (Å²) in [7, 11) is 0. The number of rotatable bonds is 52. The maximum Gasteiger partial charge on any atom is 0.308 e. The molecular weight excluding hydrogens is 1020 g/mol. The molecular formula is C56H92O22. The van der Waals surface area contributed by atoms with E-state index in [0.29, 0.717) is 141 Å². The third-order valence-electron chi connectivity index (χ3n) is 11.1. The van der Waals surface area contributed by atoms with Crippen LogP contribution in [0.15, 0.2) is 0 Å². The first-order valence-electron chi connectivity index (χ1n) is 28.4. The molecule has 0 rings (SSSR count). The van der Waals surface area contributed by atoms with Gasteiger partial charge in [-0.15, -0.1) is 0 Å². The summed E-state index contributed by atoms with van der Waals surface area (Å²) in [5, 5.41) is 0. The Morgan fingerprint density at radius 2 is 0.359 bits per heavy atom.